The van der Waals surface area contributed by atoms with Gasteiger partial charge >= 0.3 is 12.5 Å². The van der Waals surface area contributed by atoms with Crippen LogP contribution in [-0.4, -0.2) is 6.36 Å². The molecule has 15 heteroatoms. The van der Waals surface area contributed by atoms with Crippen molar-refractivity contribution in [3.05, 3.63) is 117 Å². The van der Waals surface area contributed by atoms with E-state index in [-0.39, 0.29) is 24.3 Å². The monoisotopic (exact) mass is 708 g/mol. The van der Waals surface area contributed by atoms with Crippen LogP contribution in [0.2, 0.25) is 0 Å². The van der Waals surface area contributed by atoms with E-state index < -0.39 is 98.3 Å². The minimum Gasteiger partial charge on any atom is -0.429 e. The zero-order valence-electron chi connectivity index (χ0n) is 24.9. The fourth-order valence-electron chi connectivity index (χ4n) is 4.70. The molecule has 0 unspecified atom stereocenters. The van der Waals surface area contributed by atoms with Crippen molar-refractivity contribution < 1.29 is 66.5 Å². The van der Waals surface area contributed by atoms with Gasteiger partial charge in [-0.2, -0.15) is 8.78 Å². The maximum Gasteiger partial charge on any atom is 0.573 e. The average Bonchev–Trinajstić information content (AvgIpc) is 2.95. The molecule has 0 amide bonds. The molecule has 0 spiro atoms. The van der Waals surface area contributed by atoms with Crippen LogP contribution in [0.4, 0.5) is 57.1 Å². The minimum atomic E-state index is -5.56. The molecule has 0 saturated heterocycles. The van der Waals surface area contributed by atoms with E-state index in [0.29, 0.717) is 30.5 Å². The molecule has 0 heterocycles. The van der Waals surface area contributed by atoms with Crippen LogP contribution in [0, 0.1) is 58.4 Å². The maximum atomic E-state index is 15.0. The predicted octanol–water partition coefficient (Wildman–Crippen LogP) is 11.0. The first-order valence-electron chi connectivity index (χ1n) is 14.2. The fourth-order valence-corrected chi connectivity index (χ4v) is 4.70. The summed E-state index contributed by atoms with van der Waals surface area (Å²) in [6, 6.07) is 3.10. The molecule has 0 aliphatic carbocycles. The molecule has 4 aromatic rings. The van der Waals surface area contributed by atoms with E-state index in [9.17, 15) is 57.1 Å². The molecule has 0 N–H and O–H groups in total. The summed E-state index contributed by atoms with van der Waals surface area (Å²) in [5.41, 5.74) is -4.99. The van der Waals surface area contributed by atoms with Crippen molar-refractivity contribution >= 4 is 0 Å². The van der Waals surface area contributed by atoms with Crippen LogP contribution < -0.4 is 9.47 Å². The molecule has 0 aliphatic rings. The molecule has 260 valence electrons. The van der Waals surface area contributed by atoms with Gasteiger partial charge in [0.25, 0.3) is 0 Å². The van der Waals surface area contributed by atoms with Crippen LogP contribution in [0.25, 0.3) is 11.1 Å². The standard InChI is InChI=1S/C34H21F13O2/c1-2-3-4-5-6-17-9-22(35)21(23(36)10-17)8-7-18-11-24(37)30(25(38)12-18)19-13-26(39)31(27(40)14-19)33(43,44)48-20-15-28(41)32(29(42)16-20)49-34(45,46)47/h9-16H,2-6H2,1H3. The Morgan fingerprint density at radius 1 is 0.571 bits per heavy atom. The van der Waals surface area contributed by atoms with Crippen LogP contribution in [0.5, 0.6) is 11.5 Å². The van der Waals surface area contributed by atoms with Gasteiger partial charge in [0.15, 0.2) is 11.6 Å². The molecule has 0 aliphatic heterocycles. The number of aryl methyl sites for hydroxylation is 1. The second-order valence-electron chi connectivity index (χ2n) is 10.5. The molecule has 2 nitrogen and oxygen atoms in total. The van der Waals surface area contributed by atoms with Crippen LogP contribution in [0.3, 0.4) is 0 Å². The second-order valence-corrected chi connectivity index (χ2v) is 10.5. The summed E-state index contributed by atoms with van der Waals surface area (Å²) in [5, 5.41) is 0. The summed E-state index contributed by atoms with van der Waals surface area (Å²) < 4.78 is 190. The highest BCUT2D eigenvalue weighted by atomic mass is 19.4. The minimum absolute atomic E-state index is 0.0819. The topological polar surface area (TPSA) is 18.5 Å². The molecule has 49 heavy (non-hydrogen) atoms. The average molecular weight is 709 g/mol. The number of alkyl halides is 5. The SMILES string of the molecule is CCCCCCc1cc(F)c(C#Cc2cc(F)c(-c3cc(F)c(C(F)(F)Oc4cc(F)c(OC(F)(F)F)c(F)c4)c(F)c3)c(F)c2)c(F)c1. The normalized spacial score (nSPS) is 11.7. The third-order valence-corrected chi connectivity index (χ3v) is 6.85. The summed E-state index contributed by atoms with van der Waals surface area (Å²) in [6.45, 7) is 2.01. The highest BCUT2D eigenvalue weighted by Gasteiger charge is 2.42. The van der Waals surface area contributed by atoms with E-state index in [1.54, 1.807) is 0 Å². The van der Waals surface area contributed by atoms with Crippen molar-refractivity contribution in [2.24, 2.45) is 0 Å². The first-order chi connectivity index (χ1) is 22.9. The van der Waals surface area contributed by atoms with E-state index in [0.717, 1.165) is 31.4 Å². The number of hydrogen-bond acceptors (Lipinski definition) is 2. The van der Waals surface area contributed by atoms with Crippen LogP contribution in [0.15, 0.2) is 48.5 Å². The van der Waals surface area contributed by atoms with E-state index in [2.05, 4.69) is 21.3 Å². The van der Waals surface area contributed by atoms with Crippen LogP contribution in [0.1, 0.15) is 54.9 Å². The van der Waals surface area contributed by atoms with Crippen LogP contribution >= 0.6 is 0 Å². The van der Waals surface area contributed by atoms with E-state index in [1.807, 2.05) is 6.92 Å². The Bertz CT molecular complexity index is 1830. The van der Waals surface area contributed by atoms with Crippen molar-refractivity contribution in [2.75, 3.05) is 0 Å². The maximum absolute atomic E-state index is 15.0. The summed E-state index contributed by atoms with van der Waals surface area (Å²) >= 11 is 0. The van der Waals surface area contributed by atoms with Crippen LogP contribution in [-0.2, 0) is 12.5 Å². The summed E-state index contributed by atoms with van der Waals surface area (Å²) in [6.07, 6.45) is -6.71. The lowest BCUT2D eigenvalue weighted by molar-refractivity contribution is -0.276. The third-order valence-electron chi connectivity index (χ3n) is 6.85. The molecule has 0 saturated carbocycles. The number of ether oxygens (including phenoxy) is 2. The van der Waals surface area contributed by atoms with E-state index in [1.165, 1.54) is 0 Å². The number of halogens is 13. The summed E-state index contributed by atoms with van der Waals surface area (Å²) in [4.78, 5) is 0. The van der Waals surface area contributed by atoms with Gasteiger partial charge in [0, 0.05) is 17.7 Å². The number of unbranched alkanes of at least 4 members (excludes halogenated alkanes) is 3. The Balaban J connectivity index is 1.59. The van der Waals surface area contributed by atoms with Gasteiger partial charge in [-0.05, 0) is 60.4 Å². The second kappa shape index (κ2) is 14.7. The third kappa shape index (κ3) is 8.98. The highest BCUT2D eigenvalue weighted by molar-refractivity contribution is 5.67. The lowest BCUT2D eigenvalue weighted by atomic mass is 9.99. The van der Waals surface area contributed by atoms with Gasteiger partial charge in [0.1, 0.15) is 46.2 Å². The molecular weight excluding hydrogens is 687 g/mol. The summed E-state index contributed by atoms with van der Waals surface area (Å²) in [7, 11) is 0. The lowest BCUT2D eigenvalue weighted by Crippen LogP contribution is -2.25. The van der Waals surface area contributed by atoms with Gasteiger partial charge in [-0.25, -0.2) is 35.1 Å². The predicted molar refractivity (Wildman–Crippen MR) is 149 cm³/mol. The highest BCUT2D eigenvalue weighted by Crippen LogP contribution is 2.40. The van der Waals surface area contributed by atoms with Gasteiger partial charge in [0.2, 0.25) is 5.75 Å². The Hall–Kier alpha value is -4.87. The molecule has 0 aromatic heterocycles. The van der Waals surface area contributed by atoms with E-state index in [4.69, 9.17) is 0 Å². The Morgan fingerprint density at radius 3 is 1.63 bits per heavy atom. The summed E-state index contributed by atoms with van der Waals surface area (Å²) in [5.74, 6) is -12.8. The van der Waals surface area contributed by atoms with Crippen molar-refractivity contribution in [3.63, 3.8) is 0 Å². The number of benzene rings is 4. The molecule has 4 aromatic carbocycles. The van der Waals surface area contributed by atoms with Gasteiger partial charge in [-0.3, -0.25) is 0 Å². The van der Waals surface area contributed by atoms with Crippen molar-refractivity contribution in [1.82, 2.24) is 0 Å². The van der Waals surface area contributed by atoms with Gasteiger partial charge < -0.3 is 9.47 Å². The first-order valence-corrected chi connectivity index (χ1v) is 14.2. The first kappa shape index (κ1) is 37.0. The van der Waals surface area contributed by atoms with Crippen molar-refractivity contribution in [2.45, 2.75) is 51.5 Å². The zero-order valence-corrected chi connectivity index (χ0v) is 24.9. The molecule has 0 atom stereocenters. The largest absolute Gasteiger partial charge is 0.573 e. The van der Waals surface area contributed by atoms with E-state index >= 15 is 0 Å². The lowest BCUT2D eigenvalue weighted by Gasteiger charge is -2.21. The van der Waals surface area contributed by atoms with Gasteiger partial charge in [0.05, 0.1) is 11.1 Å². The molecule has 0 bridgehead atoms. The van der Waals surface area contributed by atoms with Crippen molar-refractivity contribution in [1.29, 1.82) is 0 Å². The van der Waals surface area contributed by atoms with Crippen molar-refractivity contribution in [3.8, 4) is 34.5 Å². The Labute approximate surface area is 270 Å². The Morgan fingerprint density at radius 2 is 1.12 bits per heavy atom. The fraction of sp³-hybridized carbons (Fsp3) is 0.235. The smallest absolute Gasteiger partial charge is 0.429 e. The zero-order chi connectivity index (χ0) is 36.3. The molecule has 0 radical (unpaired) electrons. The van der Waals surface area contributed by atoms with Gasteiger partial charge in [-0.1, -0.05) is 38.0 Å². The Kier molecular flexibility index (Phi) is 11.1. The molecule has 4 rings (SSSR count). The molecular formula is C34H21F13O2. The van der Waals surface area contributed by atoms with Gasteiger partial charge in [-0.15, -0.1) is 13.2 Å². The number of rotatable bonds is 10. The number of hydrogen-bond donors (Lipinski definition) is 0. The quantitative estimate of drug-likeness (QED) is 0.0928. The molecule has 0 fully saturated rings.